The monoisotopic (exact) mass is 369 g/mol. The molecule has 2 unspecified atom stereocenters. The molecule has 0 aromatic heterocycles. The highest BCUT2D eigenvalue weighted by Crippen LogP contribution is 2.64. The summed E-state index contributed by atoms with van der Waals surface area (Å²) in [6, 6.07) is 3.18. The van der Waals surface area contributed by atoms with E-state index in [4.69, 9.17) is 0 Å². The summed E-state index contributed by atoms with van der Waals surface area (Å²) in [6.07, 6.45) is 5.38. The number of nitrogens with one attached hydrogen (secondary N) is 1. The molecule has 4 rings (SSSR count). The molecule has 1 saturated heterocycles. The number of carbonyl (C=O) groups excluding carboxylic acids is 1. The Balaban J connectivity index is 1.50. The lowest BCUT2D eigenvalue weighted by atomic mass is 9.67. The van der Waals surface area contributed by atoms with Gasteiger partial charge >= 0.3 is 0 Å². The summed E-state index contributed by atoms with van der Waals surface area (Å²) in [4.78, 5) is 12.7. The predicted octanol–water partition coefficient (Wildman–Crippen LogP) is 4.91. The Morgan fingerprint density at radius 1 is 1.12 bits per heavy atom. The maximum Gasteiger partial charge on any atom is 0.227 e. The van der Waals surface area contributed by atoms with Gasteiger partial charge in [0.05, 0.1) is 9.77 Å². The van der Waals surface area contributed by atoms with Gasteiger partial charge in [0.25, 0.3) is 0 Å². The Morgan fingerprint density at radius 2 is 1.79 bits per heavy atom. The third-order valence-electron chi connectivity index (χ3n) is 5.68. The number of amides is 1. The second-order valence-corrected chi connectivity index (χ2v) is 10.0. The number of halogens is 2. The minimum atomic E-state index is -0.584. The van der Waals surface area contributed by atoms with Gasteiger partial charge in [-0.3, -0.25) is 4.79 Å². The van der Waals surface area contributed by atoms with Crippen molar-refractivity contribution in [1.82, 2.24) is 0 Å². The fourth-order valence-corrected chi connectivity index (χ4v) is 8.59. The molecule has 3 aliphatic rings. The lowest BCUT2D eigenvalue weighted by molar-refractivity contribution is -0.122. The molecule has 1 N–H and O–H groups in total. The minimum Gasteiger partial charge on any atom is -0.323 e. The molecule has 2 saturated carbocycles. The smallest absolute Gasteiger partial charge is 0.227 e. The highest BCUT2D eigenvalue weighted by atomic mass is 32.2. The number of thioether (sulfide) groups is 2. The molecule has 130 valence electrons. The van der Waals surface area contributed by atoms with Crippen LogP contribution in [-0.2, 0) is 4.79 Å². The summed E-state index contributed by atoms with van der Waals surface area (Å²) in [7, 11) is 0. The van der Waals surface area contributed by atoms with E-state index in [2.05, 4.69) is 28.8 Å². The molecule has 1 heterocycles. The number of rotatable bonds is 2. The van der Waals surface area contributed by atoms with Crippen LogP contribution in [0.4, 0.5) is 14.5 Å². The van der Waals surface area contributed by atoms with E-state index in [0.717, 1.165) is 31.0 Å². The van der Waals surface area contributed by atoms with Gasteiger partial charge in [0.2, 0.25) is 5.91 Å². The molecule has 2 aliphatic carbocycles. The number of carbonyl (C=O) groups is 1. The molecule has 1 amide bonds. The molecule has 6 heteroatoms. The molecule has 0 radical (unpaired) electrons. The SMILES string of the molecule is O=C(Nc1cc(F)ccc1F)C1CC2CCCC(C1)C21SCCS1. The van der Waals surface area contributed by atoms with Gasteiger partial charge in [-0.2, -0.15) is 0 Å². The first kappa shape index (κ1) is 16.7. The van der Waals surface area contributed by atoms with E-state index < -0.39 is 11.6 Å². The van der Waals surface area contributed by atoms with Crippen molar-refractivity contribution in [3.63, 3.8) is 0 Å². The molecule has 1 aromatic rings. The fraction of sp³-hybridized carbons (Fsp3) is 0.611. The summed E-state index contributed by atoms with van der Waals surface area (Å²) in [6.45, 7) is 0. The van der Waals surface area contributed by atoms with E-state index in [9.17, 15) is 13.6 Å². The van der Waals surface area contributed by atoms with Crippen molar-refractivity contribution in [3.8, 4) is 0 Å². The standard InChI is InChI=1S/C18H21F2NOS2/c19-14-4-5-15(20)16(10-14)21-17(22)11-8-12-2-1-3-13(9-11)18(12)23-6-7-24-18/h4-5,10-13H,1-3,6-9H2,(H,21,22). The minimum absolute atomic E-state index is 0.0462. The largest absolute Gasteiger partial charge is 0.323 e. The van der Waals surface area contributed by atoms with Gasteiger partial charge in [-0.1, -0.05) is 6.42 Å². The quantitative estimate of drug-likeness (QED) is 0.803. The second-order valence-electron chi connectivity index (χ2n) is 7.02. The first-order chi connectivity index (χ1) is 11.6. The number of benzene rings is 1. The molecule has 1 aromatic carbocycles. The third-order valence-corrected chi connectivity index (χ3v) is 9.69. The van der Waals surface area contributed by atoms with Crippen LogP contribution in [-0.4, -0.2) is 21.5 Å². The first-order valence-electron chi connectivity index (χ1n) is 8.62. The molecular formula is C18H21F2NOS2. The lowest BCUT2D eigenvalue weighted by Gasteiger charge is -2.52. The van der Waals surface area contributed by atoms with Crippen molar-refractivity contribution < 1.29 is 13.6 Å². The normalized spacial score (nSPS) is 31.2. The highest BCUT2D eigenvalue weighted by molar-refractivity contribution is 8.21. The van der Waals surface area contributed by atoms with Gasteiger partial charge in [-0.25, -0.2) is 8.78 Å². The van der Waals surface area contributed by atoms with E-state index in [-0.39, 0.29) is 17.5 Å². The van der Waals surface area contributed by atoms with Gasteiger partial charge in [0, 0.05) is 23.5 Å². The van der Waals surface area contributed by atoms with Crippen molar-refractivity contribution in [2.45, 2.75) is 36.2 Å². The molecule has 2 bridgehead atoms. The van der Waals surface area contributed by atoms with Crippen LogP contribution in [0.25, 0.3) is 0 Å². The predicted molar refractivity (Wildman–Crippen MR) is 96.2 cm³/mol. The molecule has 2 atom stereocenters. The molecule has 2 nitrogen and oxygen atoms in total. The molecule has 3 fully saturated rings. The van der Waals surface area contributed by atoms with Crippen LogP contribution >= 0.6 is 23.5 Å². The van der Waals surface area contributed by atoms with Crippen LogP contribution in [0.15, 0.2) is 18.2 Å². The van der Waals surface area contributed by atoms with Crippen molar-refractivity contribution in [2.75, 3.05) is 16.8 Å². The topological polar surface area (TPSA) is 29.1 Å². The number of hydrogen-bond acceptors (Lipinski definition) is 3. The van der Waals surface area contributed by atoms with Crippen LogP contribution < -0.4 is 5.32 Å². The summed E-state index contributed by atoms with van der Waals surface area (Å²) in [5.41, 5.74) is -0.0462. The third kappa shape index (κ3) is 2.85. The second kappa shape index (κ2) is 6.52. The summed E-state index contributed by atoms with van der Waals surface area (Å²) < 4.78 is 27.4. The van der Waals surface area contributed by atoms with Crippen molar-refractivity contribution in [1.29, 1.82) is 0 Å². The van der Waals surface area contributed by atoms with E-state index in [1.165, 1.54) is 30.8 Å². The van der Waals surface area contributed by atoms with Crippen LogP contribution in [0.5, 0.6) is 0 Å². The summed E-state index contributed by atoms with van der Waals surface area (Å²) in [5.74, 6) is 2.19. The summed E-state index contributed by atoms with van der Waals surface area (Å²) in [5, 5.41) is 2.62. The van der Waals surface area contributed by atoms with Gasteiger partial charge in [0.15, 0.2) is 0 Å². The highest BCUT2D eigenvalue weighted by Gasteiger charge is 2.55. The van der Waals surface area contributed by atoms with Crippen molar-refractivity contribution >= 4 is 35.1 Å². The summed E-state index contributed by atoms with van der Waals surface area (Å²) >= 11 is 4.20. The van der Waals surface area contributed by atoms with Crippen LogP contribution in [0, 0.1) is 29.4 Å². The molecular weight excluding hydrogens is 348 g/mol. The van der Waals surface area contributed by atoms with E-state index in [1.807, 2.05) is 0 Å². The number of anilines is 1. The van der Waals surface area contributed by atoms with Gasteiger partial charge < -0.3 is 5.32 Å². The van der Waals surface area contributed by atoms with Gasteiger partial charge in [-0.05, 0) is 49.7 Å². The molecule has 24 heavy (non-hydrogen) atoms. The molecule has 1 aliphatic heterocycles. The number of hydrogen-bond donors (Lipinski definition) is 1. The van der Waals surface area contributed by atoms with E-state index >= 15 is 0 Å². The van der Waals surface area contributed by atoms with Crippen molar-refractivity contribution in [2.24, 2.45) is 17.8 Å². The van der Waals surface area contributed by atoms with Gasteiger partial charge in [0.1, 0.15) is 11.6 Å². The zero-order valence-corrected chi connectivity index (χ0v) is 15.0. The Hall–Kier alpha value is -0.750. The van der Waals surface area contributed by atoms with Crippen molar-refractivity contribution in [3.05, 3.63) is 29.8 Å². The average molecular weight is 370 g/mol. The maximum atomic E-state index is 13.8. The Kier molecular flexibility index (Phi) is 4.54. The van der Waals surface area contributed by atoms with Crippen LogP contribution in [0.3, 0.4) is 0 Å². The Labute approximate surface area is 149 Å². The van der Waals surface area contributed by atoms with Crippen LogP contribution in [0.1, 0.15) is 32.1 Å². The maximum absolute atomic E-state index is 13.8. The fourth-order valence-electron chi connectivity index (χ4n) is 4.65. The Bertz CT molecular complexity index is 632. The van der Waals surface area contributed by atoms with E-state index in [0.29, 0.717) is 15.9 Å². The average Bonchev–Trinajstić information content (AvgIpc) is 3.00. The zero-order chi connectivity index (χ0) is 16.7. The Morgan fingerprint density at radius 3 is 2.46 bits per heavy atom. The molecule has 1 spiro atoms. The van der Waals surface area contributed by atoms with Crippen LogP contribution in [0.2, 0.25) is 0 Å². The first-order valence-corrected chi connectivity index (χ1v) is 10.6. The van der Waals surface area contributed by atoms with E-state index in [1.54, 1.807) is 0 Å². The zero-order valence-electron chi connectivity index (χ0n) is 13.4. The van der Waals surface area contributed by atoms with Gasteiger partial charge in [-0.15, -0.1) is 23.5 Å². The lowest BCUT2D eigenvalue weighted by Crippen LogP contribution is -2.48.